The van der Waals surface area contributed by atoms with Crippen LogP contribution in [-0.4, -0.2) is 24.9 Å². The van der Waals surface area contributed by atoms with Gasteiger partial charge in [-0.2, -0.15) is 4.98 Å². The summed E-state index contributed by atoms with van der Waals surface area (Å²) in [5.74, 6) is 1.96. The van der Waals surface area contributed by atoms with Crippen molar-refractivity contribution in [1.29, 1.82) is 0 Å². The fraction of sp³-hybridized carbons (Fsp3) is 0.231. The molecule has 0 spiro atoms. The highest BCUT2D eigenvalue weighted by molar-refractivity contribution is 5.53. The van der Waals surface area contributed by atoms with Crippen LogP contribution in [0.3, 0.4) is 0 Å². The predicted octanol–water partition coefficient (Wildman–Crippen LogP) is 1.99. The lowest BCUT2D eigenvalue weighted by Crippen LogP contribution is -2.02. The first-order valence-electron chi connectivity index (χ1n) is 5.96. The molecule has 1 aromatic carbocycles. The lowest BCUT2D eigenvalue weighted by Gasteiger charge is -1.97. The molecular formula is C13H13N5O. The second kappa shape index (κ2) is 4.64. The van der Waals surface area contributed by atoms with Crippen LogP contribution in [-0.2, 0) is 6.54 Å². The molecule has 6 heteroatoms. The summed E-state index contributed by atoms with van der Waals surface area (Å²) in [5, 5.41) is 11.7. The van der Waals surface area contributed by atoms with Crippen molar-refractivity contribution in [2.24, 2.45) is 0 Å². The van der Waals surface area contributed by atoms with Crippen molar-refractivity contribution in [3.63, 3.8) is 0 Å². The van der Waals surface area contributed by atoms with Gasteiger partial charge in [-0.1, -0.05) is 22.9 Å². The number of rotatable bonds is 3. The second-order valence-electron chi connectivity index (χ2n) is 4.39. The van der Waals surface area contributed by atoms with E-state index in [-0.39, 0.29) is 0 Å². The van der Waals surface area contributed by atoms with Crippen LogP contribution in [0, 0.1) is 13.8 Å². The van der Waals surface area contributed by atoms with Crippen molar-refractivity contribution in [1.82, 2.24) is 24.9 Å². The van der Waals surface area contributed by atoms with Crippen molar-refractivity contribution in [3.8, 4) is 11.5 Å². The average molecular weight is 255 g/mol. The maximum Gasteiger partial charge on any atom is 0.257 e. The van der Waals surface area contributed by atoms with Gasteiger partial charge in [0, 0.05) is 5.56 Å². The summed E-state index contributed by atoms with van der Waals surface area (Å²) in [6.45, 7) is 4.42. The van der Waals surface area contributed by atoms with Gasteiger partial charge in [0.25, 0.3) is 5.89 Å². The fourth-order valence-electron chi connectivity index (χ4n) is 1.83. The van der Waals surface area contributed by atoms with Crippen LogP contribution in [0.25, 0.3) is 11.5 Å². The van der Waals surface area contributed by atoms with Crippen molar-refractivity contribution in [2.45, 2.75) is 20.4 Å². The molecule has 0 unspecified atom stereocenters. The molecule has 6 nitrogen and oxygen atoms in total. The first kappa shape index (κ1) is 11.6. The van der Waals surface area contributed by atoms with Crippen LogP contribution in [0.5, 0.6) is 0 Å². The average Bonchev–Trinajstić information content (AvgIpc) is 3.00. The monoisotopic (exact) mass is 255 g/mol. The molecule has 2 aromatic heterocycles. The van der Waals surface area contributed by atoms with Crippen LogP contribution in [0.2, 0.25) is 0 Å². The van der Waals surface area contributed by atoms with E-state index in [0.29, 0.717) is 18.3 Å². The van der Waals surface area contributed by atoms with Gasteiger partial charge in [0.05, 0.1) is 6.54 Å². The Kier molecular flexibility index (Phi) is 2.83. The highest BCUT2D eigenvalue weighted by Crippen LogP contribution is 2.18. The van der Waals surface area contributed by atoms with E-state index in [0.717, 1.165) is 17.0 Å². The molecular weight excluding hydrogens is 242 g/mol. The van der Waals surface area contributed by atoms with Gasteiger partial charge in [0.2, 0.25) is 0 Å². The zero-order chi connectivity index (χ0) is 13.2. The summed E-state index contributed by atoms with van der Waals surface area (Å²) in [5.41, 5.74) is 2.09. The number of aryl methyl sites for hydroxylation is 2. The molecule has 0 atom stereocenters. The van der Waals surface area contributed by atoms with Gasteiger partial charge in [-0.3, -0.25) is 0 Å². The Morgan fingerprint density at radius 2 is 2.16 bits per heavy atom. The minimum atomic E-state index is 0.508. The van der Waals surface area contributed by atoms with Gasteiger partial charge >= 0.3 is 0 Å². The van der Waals surface area contributed by atoms with E-state index < -0.39 is 0 Å². The van der Waals surface area contributed by atoms with E-state index >= 15 is 0 Å². The largest absolute Gasteiger partial charge is 0.334 e. The normalized spacial score (nSPS) is 10.8. The Balaban J connectivity index is 1.86. The minimum Gasteiger partial charge on any atom is -0.334 e. The molecule has 0 bridgehead atoms. The first-order chi connectivity index (χ1) is 9.22. The van der Waals surface area contributed by atoms with Gasteiger partial charge < -0.3 is 9.09 Å². The van der Waals surface area contributed by atoms with Gasteiger partial charge in [-0.25, -0.2) is 0 Å². The number of hydrogen-bond donors (Lipinski definition) is 0. The molecule has 0 N–H and O–H groups in total. The fourth-order valence-corrected chi connectivity index (χ4v) is 1.83. The molecule has 3 aromatic rings. The van der Waals surface area contributed by atoms with Crippen LogP contribution in [0.4, 0.5) is 0 Å². The van der Waals surface area contributed by atoms with E-state index in [1.165, 1.54) is 0 Å². The van der Waals surface area contributed by atoms with Gasteiger partial charge in [0.1, 0.15) is 12.2 Å². The number of nitrogens with zero attached hydrogens (tertiary/aromatic N) is 5. The van der Waals surface area contributed by atoms with E-state index in [9.17, 15) is 0 Å². The summed E-state index contributed by atoms with van der Waals surface area (Å²) in [4.78, 5) is 4.38. The quantitative estimate of drug-likeness (QED) is 0.715. The summed E-state index contributed by atoms with van der Waals surface area (Å²) in [6.07, 6.45) is 1.65. The van der Waals surface area contributed by atoms with Crippen molar-refractivity contribution in [3.05, 3.63) is 47.8 Å². The molecule has 96 valence electrons. The first-order valence-corrected chi connectivity index (χ1v) is 5.96. The Morgan fingerprint density at radius 1 is 1.26 bits per heavy atom. The summed E-state index contributed by atoms with van der Waals surface area (Å²) >= 11 is 0. The summed E-state index contributed by atoms with van der Waals surface area (Å²) < 4.78 is 7.15. The van der Waals surface area contributed by atoms with Crippen LogP contribution in [0.15, 0.2) is 35.1 Å². The Bertz CT molecular complexity index is 700. The Hall–Kier alpha value is -2.50. The molecule has 0 aliphatic carbocycles. The lowest BCUT2D eigenvalue weighted by atomic mass is 10.1. The van der Waals surface area contributed by atoms with Gasteiger partial charge in [-0.05, 0) is 26.0 Å². The molecule has 0 fully saturated rings. The molecule has 3 rings (SSSR count). The summed E-state index contributed by atoms with van der Waals surface area (Å²) in [7, 11) is 0. The van der Waals surface area contributed by atoms with E-state index in [1.807, 2.05) is 42.7 Å². The number of benzene rings is 1. The smallest absolute Gasteiger partial charge is 0.257 e. The van der Waals surface area contributed by atoms with Crippen LogP contribution in [0.1, 0.15) is 17.2 Å². The molecule has 0 amide bonds. The molecule has 0 radical (unpaired) electrons. The third-order valence-electron chi connectivity index (χ3n) is 2.85. The molecule has 0 saturated heterocycles. The Labute approximate surface area is 110 Å². The maximum absolute atomic E-state index is 5.28. The molecule has 0 aliphatic heterocycles. The van der Waals surface area contributed by atoms with E-state index in [4.69, 9.17) is 4.52 Å². The zero-order valence-corrected chi connectivity index (χ0v) is 10.7. The highest BCUT2D eigenvalue weighted by atomic mass is 16.5. The van der Waals surface area contributed by atoms with E-state index in [2.05, 4.69) is 20.3 Å². The standard InChI is InChI=1S/C13H13N5O/c1-9-4-3-5-11(6-9)13-15-12(17-19-13)7-18-8-14-16-10(18)2/h3-6,8H,7H2,1-2H3. The van der Waals surface area contributed by atoms with Crippen LogP contribution >= 0.6 is 0 Å². The molecule has 0 saturated carbocycles. The molecule has 0 aliphatic rings. The highest BCUT2D eigenvalue weighted by Gasteiger charge is 2.10. The SMILES string of the molecule is Cc1cccc(-c2nc(Cn3cnnc3C)no2)c1. The van der Waals surface area contributed by atoms with Gasteiger partial charge in [-0.15, -0.1) is 10.2 Å². The Morgan fingerprint density at radius 3 is 2.89 bits per heavy atom. The zero-order valence-electron chi connectivity index (χ0n) is 10.7. The van der Waals surface area contributed by atoms with Crippen molar-refractivity contribution >= 4 is 0 Å². The third kappa shape index (κ3) is 2.37. The topological polar surface area (TPSA) is 69.6 Å². The van der Waals surface area contributed by atoms with Crippen molar-refractivity contribution < 1.29 is 4.52 Å². The number of hydrogen-bond acceptors (Lipinski definition) is 5. The van der Waals surface area contributed by atoms with Crippen LogP contribution < -0.4 is 0 Å². The minimum absolute atomic E-state index is 0.508. The maximum atomic E-state index is 5.28. The predicted molar refractivity (Wildman–Crippen MR) is 68.3 cm³/mol. The number of aromatic nitrogens is 5. The van der Waals surface area contributed by atoms with Crippen molar-refractivity contribution in [2.75, 3.05) is 0 Å². The molecule has 2 heterocycles. The summed E-state index contributed by atoms with van der Waals surface area (Å²) in [6, 6.07) is 7.97. The second-order valence-corrected chi connectivity index (χ2v) is 4.39. The van der Waals surface area contributed by atoms with E-state index in [1.54, 1.807) is 6.33 Å². The third-order valence-corrected chi connectivity index (χ3v) is 2.85. The molecule has 19 heavy (non-hydrogen) atoms. The lowest BCUT2D eigenvalue weighted by molar-refractivity contribution is 0.420. The van der Waals surface area contributed by atoms with Gasteiger partial charge in [0.15, 0.2) is 5.82 Å².